The highest BCUT2D eigenvalue weighted by atomic mass is 79.9. The largest absolute Gasteiger partial charge is 0.507 e. The molecule has 0 atom stereocenters. The Bertz CT molecular complexity index is 305. The van der Waals surface area contributed by atoms with Crippen molar-refractivity contribution < 1.29 is 5.11 Å². The standard InChI is InChI=1S/C11H15BrO/c1-7(2)10-5-9(6-12)4-8(3)11(10)13/h4-5,7,13H,6H2,1-3H3. The fourth-order valence-corrected chi connectivity index (χ4v) is 1.72. The summed E-state index contributed by atoms with van der Waals surface area (Å²) in [5.74, 6) is 0.817. The third-order valence-corrected chi connectivity index (χ3v) is 2.81. The Morgan fingerprint density at radius 3 is 2.46 bits per heavy atom. The highest BCUT2D eigenvalue weighted by Gasteiger charge is 2.09. The second-order valence-electron chi connectivity index (χ2n) is 3.64. The Morgan fingerprint density at radius 2 is 2.00 bits per heavy atom. The van der Waals surface area contributed by atoms with Gasteiger partial charge in [0.15, 0.2) is 0 Å². The van der Waals surface area contributed by atoms with E-state index in [0.717, 1.165) is 16.5 Å². The smallest absolute Gasteiger partial charge is 0.121 e. The minimum Gasteiger partial charge on any atom is -0.507 e. The van der Waals surface area contributed by atoms with Gasteiger partial charge in [-0.25, -0.2) is 0 Å². The first-order valence-electron chi connectivity index (χ1n) is 4.44. The van der Waals surface area contributed by atoms with Crippen LogP contribution >= 0.6 is 15.9 Å². The third kappa shape index (κ3) is 2.25. The van der Waals surface area contributed by atoms with Crippen molar-refractivity contribution in [3.63, 3.8) is 0 Å². The summed E-state index contributed by atoms with van der Waals surface area (Å²) in [4.78, 5) is 0. The van der Waals surface area contributed by atoms with E-state index in [9.17, 15) is 5.11 Å². The first-order chi connectivity index (χ1) is 6.06. The van der Waals surface area contributed by atoms with Gasteiger partial charge in [0.2, 0.25) is 0 Å². The van der Waals surface area contributed by atoms with E-state index in [4.69, 9.17) is 0 Å². The van der Waals surface area contributed by atoms with Gasteiger partial charge >= 0.3 is 0 Å². The molecule has 72 valence electrons. The summed E-state index contributed by atoms with van der Waals surface area (Å²) in [5.41, 5.74) is 3.22. The van der Waals surface area contributed by atoms with Gasteiger partial charge in [-0.3, -0.25) is 0 Å². The molecule has 1 nitrogen and oxygen atoms in total. The van der Waals surface area contributed by atoms with E-state index in [-0.39, 0.29) is 0 Å². The van der Waals surface area contributed by atoms with E-state index >= 15 is 0 Å². The minimum atomic E-state index is 0.373. The van der Waals surface area contributed by atoms with Crippen LogP contribution in [0.5, 0.6) is 5.75 Å². The maximum Gasteiger partial charge on any atom is 0.121 e. The number of halogens is 1. The molecule has 0 heterocycles. The van der Waals surface area contributed by atoms with Gasteiger partial charge in [0.1, 0.15) is 5.75 Å². The SMILES string of the molecule is Cc1cc(CBr)cc(C(C)C)c1O. The van der Waals surface area contributed by atoms with Crippen LogP contribution in [0.2, 0.25) is 0 Å². The molecule has 0 aliphatic carbocycles. The van der Waals surface area contributed by atoms with Crippen LogP contribution in [-0.4, -0.2) is 5.11 Å². The van der Waals surface area contributed by atoms with Crippen LogP contribution in [0.4, 0.5) is 0 Å². The van der Waals surface area contributed by atoms with Crippen LogP contribution in [0.15, 0.2) is 12.1 Å². The average molecular weight is 243 g/mol. The summed E-state index contributed by atoms with van der Waals surface area (Å²) < 4.78 is 0. The van der Waals surface area contributed by atoms with Crippen LogP contribution in [0.3, 0.4) is 0 Å². The van der Waals surface area contributed by atoms with Gasteiger partial charge in [-0.2, -0.15) is 0 Å². The molecule has 0 saturated heterocycles. The quantitative estimate of drug-likeness (QED) is 0.785. The zero-order valence-electron chi connectivity index (χ0n) is 8.26. The van der Waals surface area contributed by atoms with Crippen LogP contribution in [0.1, 0.15) is 36.5 Å². The van der Waals surface area contributed by atoms with E-state index in [1.54, 1.807) is 0 Å². The molecular formula is C11H15BrO. The van der Waals surface area contributed by atoms with Crippen LogP contribution < -0.4 is 0 Å². The Hall–Kier alpha value is -0.500. The summed E-state index contributed by atoms with van der Waals surface area (Å²) in [5, 5.41) is 10.6. The third-order valence-electron chi connectivity index (χ3n) is 2.17. The number of phenols is 1. The molecule has 0 saturated carbocycles. The predicted molar refractivity (Wildman–Crippen MR) is 59.6 cm³/mol. The van der Waals surface area contributed by atoms with Gasteiger partial charge in [0.05, 0.1) is 0 Å². The summed E-state index contributed by atoms with van der Waals surface area (Å²) in [6.07, 6.45) is 0. The van der Waals surface area contributed by atoms with E-state index < -0.39 is 0 Å². The van der Waals surface area contributed by atoms with E-state index in [0.29, 0.717) is 11.7 Å². The molecule has 2 heteroatoms. The number of aromatic hydroxyl groups is 1. The number of aryl methyl sites for hydroxylation is 1. The Labute approximate surface area is 87.9 Å². The zero-order chi connectivity index (χ0) is 10.0. The molecule has 0 aliphatic heterocycles. The number of rotatable bonds is 2. The molecule has 0 unspecified atom stereocenters. The molecule has 0 radical (unpaired) electrons. The lowest BCUT2D eigenvalue weighted by molar-refractivity contribution is 0.460. The lowest BCUT2D eigenvalue weighted by Gasteiger charge is -2.12. The molecule has 0 aliphatic rings. The van der Waals surface area contributed by atoms with Gasteiger partial charge < -0.3 is 5.11 Å². The van der Waals surface area contributed by atoms with Crippen LogP contribution in [0, 0.1) is 6.92 Å². The second-order valence-corrected chi connectivity index (χ2v) is 4.20. The molecule has 1 aromatic carbocycles. The van der Waals surface area contributed by atoms with Gasteiger partial charge in [0, 0.05) is 5.33 Å². The average Bonchev–Trinajstić information content (AvgIpc) is 2.09. The minimum absolute atomic E-state index is 0.373. The van der Waals surface area contributed by atoms with Crippen molar-refractivity contribution in [2.24, 2.45) is 0 Å². The van der Waals surface area contributed by atoms with Crippen molar-refractivity contribution in [1.82, 2.24) is 0 Å². The van der Waals surface area contributed by atoms with Crippen LogP contribution in [-0.2, 0) is 5.33 Å². The number of benzene rings is 1. The highest BCUT2D eigenvalue weighted by molar-refractivity contribution is 9.08. The molecule has 0 amide bonds. The first-order valence-corrected chi connectivity index (χ1v) is 5.56. The predicted octanol–water partition coefficient (Wildman–Crippen LogP) is 3.72. The topological polar surface area (TPSA) is 20.2 Å². The van der Waals surface area contributed by atoms with Crippen molar-refractivity contribution in [2.75, 3.05) is 0 Å². The number of phenolic OH excluding ortho intramolecular Hbond substituents is 1. The number of hydrogen-bond acceptors (Lipinski definition) is 1. The Kier molecular flexibility index (Phi) is 3.37. The van der Waals surface area contributed by atoms with Crippen molar-refractivity contribution >= 4 is 15.9 Å². The summed E-state index contributed by atoms with van der Waals surface area (Å²) in [6.45, 7) is 6.12. The van der Waals surface area contributed by atoms with Gasteiger partial charge in [0.25, 0.3) is 0 Å². The molecule has 0 spiro atoms. The van der Waals surface area contributed by atoms with Crippen molar-refractivity contribution in [2.45, 2.75) is 32.0 Å². The molecule has 1 rings (SSSR count). The summed E-state index contributed by atoms with van der Waals surface area (Å²) in [6, 6.07) is 4.07. The van der Waals surface area contributed by atoms with E-state index in [1.165, 1.54) is 5.56 Å². The molecule has 0 fully saturated rings. The normalized spacial score (nSPS) is 10.8. The Morgan fingerprint density at radius 1 is 1.38 bits per heavy atom. The van der Waals surface area contributed by atoms with Crippen molar-refractivity contribution in [1.29, 1.82) is 0 Å². The summed E-state index contributed by atoms with van der Waals surface area (Å²) >= 11 is 3.42. The van der Waals surface area contributed by atoms with E-state index in [1.807, 2.05) is 13.0 Å². The second kappa shape index (κ2) is 4.14. The zero-order valence-corrected chi connectivity index (χ0v) is 9.85. The molecular weight excluding hydrogens is 228 g/mol. The maximum atomic E-state index is 9.77. The molecule has 0 bridgehead atoms. The molecule has 1 N–H and O–H groups in total. The van der Waals surface area contributed by atoms with Gasteiger partial charge in [-0.1, -0.05) is 41.9 Å². The Balaban J connectivity index is 3.25. The first kappa shape index (κ1) is 10.6. The molecule has 1 aromatic rings. The van der Waals surface area contributed by atoms with Crippen LogP contribution in [0.25, 0.3) is 0 Å². The number of alkyl halides is 1. The van der Waals surface area contributed by atoms with Crippen molar-refractivity contribution in [3.8, 4) is 5.75 Å². The lowest BCUT2D eigenvalue weighted by atomic mass is 9.97. The van der Waals surface area contributed by atoms with E-state index in [2.05, 4.69) is 35.8 Å². The maximum absolute atomic E-state index is 9.77. The molecule has 0 aromatic heterocycles. The number of hydrogen-bond donors (Lipinski definition) is 1. The molecule has 13 heavy (non-hydrogen) atoms. The lowest BCUT2D eigenvalue weighted by Crippen LogP contribution is -1.92. The highest BCUT2D eigenvalue weighted by Crippen LogP contribution is 2.30. The fourth-order valence-electron chi connectivity index (χ4n) is 1.40. The monoisotopic (exact) mass is 242 g/mol. The fraction of sp³-hybridized carbons (Fsp3) is 0.455. The van der Waals surface area contributed by atoms with Gasteiger partial charge in [-0.05, 0) is 29.5 Å². The van der Waals surface area contributed by atoms with Crippen molar-refractivity contribution in [3.05, 3.63) is 28.8 Å². The van der Waals surface area contributed by atoms with Gasteiger partial charge in [-0.15, -0.1) is 0 Å². The summed E-state index contributed by atoms with van der Waals surface area (Å²) in [7, 11) is 0.